The van der Waals surface area contributed by atoms with E-state index in [0.29, 0.717) is 43.6 Å². The van der Waals surface area contributed by atoms with Crippen molar-refractivity contribution in [3.63, 3.8) is 0 Å². The first-order valence-corrected chi connectivity index (χ1v) is 21.0. The number of fused-ring (bicyclic) bond motifs is 2. The first kappa shape index (κ1) is 34.1. The van der Waals surface area contributed by atoms with Gasteiger partial charge < -0.3 is 9.32 Å². The molecule has 0 bridgehead atoms. The summed E-state index contributed by atoms with van der Waals surface area (Å²) >= 11 is 0. The molecule has 4 aromatic carbocycles. The molecule has 0 atom stereocenters. The Morgan fingerprint density at radius 2 is 1.38 bits per heavy atom. The van der Waals surface area contributed by atoms with Crippen LogP contribution in [0.2, 0.25) is 0 Å². The fraction of sp³-hybridized carbons (Fsp3) is 0.295. The van der Waals surface area contributed by atoms with E-state index >= 15 is 0 Å². The van der Waals surface area contributed by atoms with Crippen LogP contribution in [0, 0.1) is 5.92 Å². The molecule has 1 aromatic heterocycles. The van der Waals surface area contributed by atoms with Crippen molar-refractivity contribution in [3.8, 4) is 0 Å². The van der Waals surface area contributed by atoms with Crippen LogP contribution in [-0.4, -0.2) is 55.6 Å². The normalized spacial score (nSPS) is 16.5. The second-order valence-electron chi connectivity index (χ2n) is 14.4. The van der Waals surface area contributed by atoms with Crippen molar-refractivity contribution < 1.29 is 14.0 Å². The average molecular weight is 712 g/mol. The zero-order chi connectivity index (χ0) is 35.5. The molecule has 3 aliphatic rings. The number of likely N-dealkylation sites (tertiary alicyclic amines) is 1. The standard InChI is InChI=1S/C44H46N3O4P/c48-40(21-20-34-31-35-30-33-12-10-25-47-26-11-19-39(41(33)47)42(35)51-44(34)50)46-27-22-32(23-28-46)43(49)45-24-29-52(36-13-4-1-5-14-36,37-15-6-2-7-16-37)38-17-8-3-9-18-38/h1-9,13-18,20-21,30-32,52H,10-12,19,22-29H2,(H,45,49)/b21-20+. The van der Waals surface area contributed by atoms with Gasteiger partial charge in [-0.3, -0.25) is 0 Å². The van der Waals surface area contributed by atoms with Crippen LogP contribution in [0.1, 0.15) is 42.4 Å². The van der Waals surface area contributed by atoms with Gasteiger partial charge in [0.05, 0.1) is 0 Å². The van der Waals surface area contributed by atoms with Crippen LogP contribution in [0.3, 0.4) is 0 Å². The number of nitrogens with one attached hydrogen (secondary N) is 1. The van der Waals surface area contributed by atoms with Crippen molar-refractivity contribution in [1.29, 1.82) is 0 Å². The predicted molar refractivity (Wildman–Crippen MR) is 214 cm³/mol. The fourth-order valence-corrected chi connectivity index (χ4v) is 13.5. The van der Waals surface area contributed by atoms with E-state index in [1.54, 1.807) is 11.0 Å². The number of nitrogens with zero attached hydrogens (tertiary/aromatic N) is 2. The summed E-state index contributed by atoms with van der Waals surface area (Å²) in [6.45, 7) is 3.68. The summed E-state index contributed by atoms with van der Waals surface area (Å²) in [5.74, 6) is -0.249. The van der Waals surface area contributed by atoms with Crippen LogP contribution in [0.15, 0.2) is 118 Å². The van der Waals surface area contributed by atoms with Gasteiger partial charge in [0.2, 0.25) is 0 Å². The van der Waals surface area contributed by atoms with E-state index in [2.05, 4.69) is 107 Å². The van der Waals surface area contributed by atoms with Crippen LogP contribution < -0.4 is 31.8 Å². The molecule has 0 aliphatic carbocycles. The Morgan fingerprint density at radius 1 is 0.788 bits per heavy atom. The molecule has 0 unspecified atom stereocenters. The molecule has 266 valence electrons. The van der Waals surface area contributed by atoms with Crippen molar-refractivity contribution in [1.82, 2.24) is 10.2 Å². The van der Waals surface area contributed by atoms with E-state index in [0.717, 1.165) is 55.9 Å². The van der Waals surface area contributed by atoms with E-state index in [9.17, 15) is 14.4 Å². The van der Waals surface area contributed by atoms with Crippen LogP contribution in [0.4, 0.5) is 5.69 Å². The maximum absolute atomic E-state index is 13.5. The third-order valence-electron chi connectivity index (χ3n) is 11.4. The molecule has 2 amide bonds. The molecule has 8 rings (SSSR count). The molecule has 8 heteroatoms. The number of rotatable bonds is 9. The molecule has 4 heterocycles. The van der Waals surface area contributed by atoms with Gasteiger partial charge in [-0.05, 0) is 43.4 Å². The minimum absolute atomic E-state index is 0.0536. The number of carbonyl (C=O) groups excluding carboxylic acids is 2. The van der Waals surface area contributed by atoms with E-state index in [-0.39, 0.29) is 17.7 Å². The van der Waals surface area contributed by atoms with Gasteiger partial charge in [0.1, 0.15) is 5.58 Å². The van der Waals surface area contributed by atoms with Crippen molar-refractivity contribution >= 4 is 57.7 Å². The molecule has 1 saturated heterocycles. The Kier molecular flexibility index (Phi) is 9.79. The summed E-state index contributed by atoms with van der Waals surface area (Å²) in [6, 6.07) is 36.3. The third kappa shape index (κ3) is 6.59. The van der Waals surface area contributed by atoms with Gasteiger partial charge >= 0.3 is 214 Å². The topological polar surface area (TPSA) is 82.9 Å². The maximum atomic E-state index is 13.5. The zero-order valence-electron chi connectivity index (χ0n) is 29.6. The van der Waals surface area contributed by atoms with Crippen LogP contribution in [-0.2, 0) is 22.4 Å². The van der Waals surface area contributed by atoms with Gasteiger partial charge in [-0.2, -0.15) is 0 Å². The molecular formula is C44H46N3O4P. The molecule has 52 heavy (non-hydrogen) atoms. The summed E-state index contributed by atoms with van der Waals surface area (Å²) in [5, 5.41) is 8.18. The Bertz CT molecular complexity index is 2060. The van der Waals surface area contributed by atoms with Gasteiger partial charge in [0, 0.05) is 29.7 Å². The number of benzene rings is 4. The molecular weight excluding hydrogens is 665 g/mol. The number of aryl methyl sites for hydroxylation is 2. The molecule has 5 aromatic rings. The fourth-order valence-electron chi connectivity index (χ4n) is 8.83. The van der Waals surface area contributed by atoms with E-state index in [4.69, 9.17) is 4.42 Å². The third-order valence-corrected chi connectivity index (χ3v) is 16.4. The summed E-state index contributed by atoms with van der Waals surface area (Å²) in [5.41, 5.74) is 4.39. The molecule has 1 N–H and O–H groups in total. The van der Waals surface area contributed by atoms with Gasteiger partial charge in [-0.15, -0.1) is 0 Å². The van der Waals surface area contributed by atoms with E-state index < -0.39 is 12.9 Å². The van der Waals surface area contributed by atoms with Crippen molar-refractivity contribution in [2.24, 2.45) is 5.92 Å². The van der Waals surface area contributed by atoms with Crippen LogP contribution >= 0.6 is 7.26 Å². The minimum atomic E-state index is -2.44. The van der Waals surface area contributed by atoms with Crippen molar-refractivity contribution in [2.75, 3.05) is 43.8 Å². The second-order valence-corrected chi connectivity index (χ2v) is 18.5. The molecule has 3 aliphatic heterocycles. The van der Waals surface area contributed by atoms with E-state index in [1.165, 1.54) is 33.2 Å². The van der Waals surface area contributed by atoms with Crippen molar-refractivity contribution in [3.05, 3.63) is 136 Å². The Hall–Kier alpha value is -5.00. The number of amides is 2. The molecule has 1 fully saturated rings. The molecule has 7 nitrogen and oxygen atoms in total. The summed E-state index contributed by atoms with van der Waals surface area (Å²) in [6.07, 6.45) is 9.25. The second kappa shape index (κ2) is 14.9. The number of carbonyl (C=O) groups is 2. The van der Waals surface area contributed by atoms with Crippen LogP contribution in [0.5, 0.6) is 0 Å². The first-order valence-electron chi connectivity index (χ1n) is 18.8. The summed E-state index contributed by atoms with van der Waals surface area (Å²) in [4.78, 5) is 44.0. The van der Waals surface area contributed by atoms with Gasteiger partial charge in [-0.1, -0.05) is 0 Å². The first-order chi connectivity index (χ1) is 25.5. The molecule has 0 saturated carbocycles. The van der Waals surface area contributed by atoms with E-state index in [1.807, 2.05) is 6.07 Å². The predicted octanol–water partition coefficient (Wildman–Crippen LogP) is 5.59. The number of hydrogen-bond acceptors (Lipinski definition) is 5. The monoisotopic (exact) mass is 711 g/mol. The Balaban J connectivity index is 0.912. The summed E-state index contributed by atoms with van der Waals surface area (Å²) in [7, 11) is -2.44. The van der Waals surface area contributed by atoms with Crippen LogP contribution in [0.25, 0.3) is 17.0 Å². The van der Waals surface area contributed by atoms with Gasteiger partial charge in [0.15, 0.2) is 0 Å². The average Bonchev–Trinajstić information content (AvgIpc) is 3.20. The number of piperidine rings is 1. The Labute approximate surface area is 305 Å². The van der Waals surface area contributed by atoms with Gasteiger partial charge in [-0.25, -0.2) is 4.79 Å². The quantitative estimate of drug-likeness (QED) is 0.123. The SMILES string of the molecule is O=C(NCC[PH](c1ccccc1)(c1ccccc1)c1ccccc1)C1CCN(C(=O)/C=C/c2cc3cc4c5c(c3oc2=O)CCCN5CCC4)CC1. The Morgan fingerprint density at radius 3 is 2.00 bits per heavy atom. The van der Waals surface area contributed by atoms with Gasteiger partial charge in [0.25, 0.3) is 0 Å². The number of hydrogen-bond donors (Lipinski definition) is 1. The molecule has 0 radical (unpaired) electrons. The number of anilines is 1. The summed E-state index contributed by atoms with van der Waals surface area (Å²) < 4.78 is 5.91. The zero-order valence-corrected chi connectivity index (χ0v) is 30.6. The van der Waals surface area contributed by atoms with Crippen molar-refractivity contribution in [2.45, 2.75) is 38.5 Å². The molecule has 0 spiro atoms.